The molecule has 0 saturated carbocycles. The molecular formula is C24H30BFO4. The maximum atomic E-state index is 13.7. The molecule has 6 heteroatoms. The van der Waals surface area contributed by atoms with Crippen LogP contribution >= 0.6 is 0 Å². The van der Waals surface area contributed by atoms with Crippen LogP contribution in [0.2, 0.25) is 0 Å². The van der Waals surface area contributed by atoms with E-state index in [2.05, 4.69) is 13.2 Å². The first-order valence-corrected chi connectivity index (χ1v) is 9.86. The van der Waals surface area contributed by atoms with E-state index in [1.54, 1.807) is 32.0 Å². The number of halogens is 1. The Morgan fingerprint density at radius 2 is 1.50 bits per heavy atom. The highest BCUT2D eigenvalue weighted by Gasteiger charge is 2.52. The number of ether oxygens (including phenoxy) is 1. The highest BCUT2D eigenvalue weighted by molar-refractivity contribution is 6.63. The van der Waals surface area contributed by atoms with Gasteiger partial charge >= 0.3 is 7.12 Å². The molecule has 1 aliphatic rings. The van der Waals surface area contributed by atoms with E-state index in [1.807, 2.05) is 27.7 Å². The van der Waals surface area contributed by atoms with Gasteiger partial charge in [0, 0.05) is 11.0 Å². The van der Waals surface area contributed by atoms with E-state index in [9.17, 15) is 9.18 Å². The number of carbonyl (C=O) groups is 1. The van der Waals surface area contributed by atoms with Gasteiger partial charge in [0.1, 0.15) is 17.3 Å². The van der Waals surface area contributed by atoms with Crippen LogP contribution in [-0.2, 0) is 9.31 Å². The van der Waals surface area contributed by atoms with E-state index in [0.717, 1.165) is 0 Å². The van der Waals surface area contributed by atoms with Crippen molar-refractivity contribution in [3.63, 3.8) is 0 Å². The van der Waals surface area contributed by atoms with E-state index in [0.29, 0.717) is 33.7 Å². The van der Waals surface area contributed by atoms with E-state index >= 15 is 0 Å². The number of hydrogen-bond acceptors (Lipinski definition) is 4. The quantitative estimate of drug-likeness (QED) is 0.376. The predicted molar refractivity (Wildman–Crippen MR) is 119 cm³/mol. The monoisotopic (exact) mass is 412 g/mol. The van der Waals surface area contributed by atoms with Gasteiger partial charge in [-0.2, -0.15) is 0 Å². The fourth-order valence-corrected chi connectivity index (χ4v) is 3.18. The van der Waals surface area contributed by atoms with Crippen molar-refractivity contribution in [2.24, 2.45) is 0 Å². The first-order valence-electron chi connectivity index (χ1n) is 9.86. The van der Waals surface area contributed by atoms with Gasteiger partial charge in [-0.05, 0) is 89.9 Å². The molecule has 2 aromatic rings. The van der Waals surface area contributed by atoms with Gasteiger partial charge in [-0.1, -0.05) is 0 Å². The van der Waals surface area contributed by atoms with Crippen molar-refractivity contribution < 1.29 is 23.2 Å². The summed E-state index contributed by atoms with van der Waals surface area (Å²) in [6.45, 7) is 19.0. The topological polar surface area (TPSA) is 44.8 Å². The average Bonchev–Trinajstić information content (AvgIpc) is 2.87. The zero-order valence-electron chi connectivity index (χ0n) is 18.9. The Morgan fingerprint density at radius 3 is 1.97 bits per heavy atom. The molecule has 4 nitrogen and oxygen atoms in total. The normalized spacial score (nSPS) is 16.6. The smallest absolute Gasteiger partial charge is 0.457 e. The molecule has 0 aliphatic carbocycles. The summed E-state index contributed by atoms with van der Waals surface area (Å²) < 4.78 is 32.2. The molecule has 0 N–H and O–H groups in total. The molecule has 1 saturated heterocycles. The second kappa shape index (κ2) is 8.74. The van der Waals surface area contributed by atoms with Crippen LogP contribution in [-0.4, -0.2) is 24.1 Å². The zero-order chi connectivity index (χ0) is 22.9. The molecule has 1 fully saturated rings. The Balaban J connectivity index is 0.00000155. The number of rotatable bonds is 4. The van der Waals surface area contributed by atoms with Crippen molar-refractivity contribution >= 4 is 18.4 Å². The highest BCUT2D eigenvalue weighted by Crippen LogP contribution is 2.38. The molecule has 1 heterocycles. The lowest BCUT2D eigenvalue weighted by Gasteiger charge is -2.32. The summed E-state index contributed by atoms with van der Waals surface area (Å²) in [4.78, 5) is 11.9. The second-order valence-electron chi connectivity index (χ2n) is 8.37. The molecule has 1 aliphatic heterocycles. The van der Waals surface area contributed by atoms with Crippen molar-refractivity contribution in [2.75, 3.05) is 0 Å². The summed E-state index contributed by atoms with van der Waals surface area (Å²) in [5.74, 6) is 0.731. The summed E-state index contributed by atoms with van der Waals surface area (Å²) in [6, 6.07) is 8.05. The van der Waals surface area contributed by atoms with Gasteiger partial charge in [-0.25, -0.2) is 4.39 Å². The third kappa shape index (κ3) is 4.66. The van der Waals surface area contributed by atoms with Crippen molar-refractivity contribution in [1.82, 2.24) is 0 Å². The SMILES string of the molecule is C=C.CC(=O)c1ccc(Oc2c(C)cc(F)cc2C)c(B2OC(C)(C)C(C)(C)O2)c1. The first kappa shape index (κ1) is 23.8. The molecule has 30 heavy (non-hydrogen) atoms. The van der Waals surface area contributed by atoms with Crippen LogP contribution in [0.4, 0.5) is 4.39 Å². The molecular weight excluding hydrogens is 382 g/mol. The minimum atomic E-state index is -0.680. The van der Waals surface area contributed by atoms with E-state index in [-0.39, 0.29) is 11.6 Å². The second-order valence-corrected chi connectivity index (χ2v) is 8.37. The van der Waals surface area contributed by atoms with Gasteiger partial charge in [0.25, 0.3) is 0 Å². The largest absolute Gasteiger partial charge is 0.498 e. The standard InChI is InChI=1S/C22H26BFO4.C2H4/c1-13-10-17(24)11-14(2)20(13)26-19-9-8-16(15(3)25)12-18(19)23-27-21(4,5)22(6,7)28-23;1-2/h8-12H,1-7H3;1-2H2. The van der Waals surface area contributed by atoms with Gasteiger partial charge in [0.05, 0.1) is 11.2 Å². The Labute approximate surface area is 179 Å². The molecule has 0 spiro atoms. The number of ketones is 1. The molecule has 0 amide bonds. The Bertz CT molecular complexity index is 913. The molecule has 3 rings (SSSR count). The van der Waals surface area contributed by atoms with E-state index in [4.69, 9.17) is 14.0 Å². The van der Waals surface area contributed by atoms with E-state index < -0.39 is 18.3 Å². The predicted octanol–water partition coefficient (Wildman–Crippen LogP) is 5.54. The lowest BCUT2D eigenvalue weighted by molar-refractivity contribution is 0.00578. The van der Waals surface area contributed by atoms with Crippen LogP contribution < -0.4 is 10.2 Å². The van der Waals surface area contributed by atoms with Crippen LogP contribution in [0.1, 0.15) is 56.1 Å². The fraction of sp³-hybridized carbons (Fsp3) is 0.375. The van der Waals surface area contributed by atoms with E-state index in [1.165, 1.54) is 19.1 Å². The maximum absolute atomic E-state index is 13.7. The van der Waals surface area contributed by atoms with Crippen LogP contribution in [0.15, 0.2) is 43.5 Å². The van der Waals surface area contributed by atoms with Crippen molar-refractivity contribution in [1.29, 1.82) is 0 Å². The first-order chi connectivity index (χ1) is 13.9. The van der Waals surface area contributed by atoms with Crippen molar-refractivity contribution in [3.8, 4) is 11.5 Å². The van der Waals surface area contributed by atoms with Gasteiger partial charge in [-0.15, -0.1) is 13.2 Å². The lowest BCUT2D eigenvalue weighted by atomic mass is 9.77. The molecule has 0 radical (unpaired) electrons. The average molecular weight is 412 g/mol. The van der Waals surface area contributed by atoms with Gasteiger partial charge < -0.3 is 14.0 Å². The van der Waals surface area contributed by atoms with Gasteiger partial charge in [0.15, 0.2) is 5.78 Å². The fourth-order valence-electron chi connectivity index (χ4n) is 3.18. The maximum Gasteiger partial charge on any atom is 0.498 e. The Hall–Kier alpha value is -2.44. The summed E-state index contributed by atoms with van der Waals surface area (Å²) >= 11 is 0. The molecule has 0 aromatic heterocycles. The molecule has 160 valence electrons. The highest BCUT2D eigenvalue weighted by atomic mass is 19.1. The van der Waals surface area contributed by atoms with Crippen LogP contribution in [0.5, 0.6) is 11.5 Å². The summed E-state index contributed by atoms with van der Waals surface area (Å²) in [6.07, 6.45) is 0. The van der Waals surface area contributed by atoms with Gasteiger partial charge in [-0.3, -0.25) is 4.79 Å². The molecule has 0 atom stereocenters. The number of hydrogen-bond donors (Lipinski definition) is 0. The van der Waals surface area contributed by atoms with Crippen molar-refractivity contribution in [3.05, 3.63) is 66.0 Å². The number of carbonyl (C=O) groups excluding carboxylic acids is 1. The minimum absolute atomic E-state index is 0.0570. The molecule has 2 aromatic carbocycles. The van der Waals surface area contributed by atoms with Crippen LogP contribution in [0.3, 0.4) is 0 Å². The number of benzene rings is 2. The zero-order valence-corrected chi connectivity index (χ0v) is 18.9. The Morgan fingerprint density at radius 1 is 1.00 bits per heavy atom. The van der Waals surface area contributed by atoms with Crippen molar-refractivity contribution in [2.45, 2.75) is 59.7 Å². The third-order valence-corrected chi connectivity index (χ3v) is 5.56. The third-order valence-electron chi connectivity index (χ3n) is 5.56. The van der Waals surface area contributed by atoms with Crippen LogP contribution in [0.25, 0.3) is 0 Å². The summed E-state index contributed by atoms with van der Waals surface area (Å²) in [5, 5.41) is 0. The number of Topliss-reactive ketones (excluding diaryl/α,β-unsaturated/α-hetero) is 1. The Kier molecular flexibility index (Phi) is 6.95. The summed E-state index contributed by atoms with van der Waals surface area (Å²) in [7, 11) is -0.680. The number of aryl methyl sites for hydroxylation is 2. The minimum Gasteiger partial charge on any atom is -0.457 e. The summed E-state index contributed by atoms with van der Waals surface area (Å²) in [5.41, 5.74) is 1.51. The lowest BCUT2D eigenvalue weighted by Crippen LogP contribution is -2.41. The van der Waals surface area contributed by atoms with Gasteiger partial charge in [0.2, 0.25) is 0 Å². The van der Waals surface area contributed by atoms with Crippen LogP contribution in [0, 0.1) is 19.7 Å². The molecule has 0 unspecified atom stereocenters. The molecule has 0 bridgehead atoms.